The molecule has 0 atom stereocenters. The van der Waals surface area contributed by atoms with Crippen molar-refractivity contribution in [3.05, 3.63) is 34.9 Å². The molecule has 0 spiro atoms. The van der Waals surface area contributed by atoms with Gasteiger partial charge in [-0.05, 0) is 24.5 Å². The van der Waals surface area contributed by atoms with Crippen molar-refractivity contribution in [2.75, 3.05) is 0 Å². The molecule has 0 fully saturated rings. The number of benzene rings is 1. The molecule has 0 radical (unpaired) electrons. The predicted molar refractivity (Wildman–Crippen MR) is 61.2 cm³/mol. The second kappa shape index (κ2) is 6.12. The van der Waals surface area contributed by atoms with E-state index in [1.807, 2.05) is 18.2 Å². The lowest BCUT2D eigenvalue weighted by molar-refractivity contribution is 0.139. The van der Waals surface area contributed by atoms with Gasteiger partial charge in [-0.15, -0.1) is 0 Å². The molecular weight excluding hydrogens is 230 g/mol. The van der Waals surface area contributed by atoms with Gasteiger partial charge in [0.1, 0.15) is 0 Å². The molecule has 0 unspecified atom stereocenters. The fourth-order valence-corrected chi connectivity index (χ4v) is 1.53. The first-order chi connectivity index (χ1) is 7.59. The van der Waals surface area contributed by atoms with E-state index < -0.39 is 6.16 Å². The number of ether oxygens (including phenoxy) is 1. The van der Waals surface area contributed by atoms with Crippen LogP contribution in [0.4, 0.5) is 4.79 Å². The fourth-order valence-electron chi connectivity index (χ4n) is 1.30. The lowest BCUT2D eigenvalue weighted by Crippen LogP contribution is -2.08. The molecule has 1 rings (SSSR count). The highest BCUT2D eigenvalue weighted by Crippen LogP contribution is 2.17. The summed E-state index contributed by atoms with van der Waals surface area (Å²) >= 11 is 5.94. The summed E-state index contributed by atoms with van der Waals surface area (Å²) in [7, 11) is 0. The first kappa shape index (κ1) is 12.5. The fraction of sp³-hybridized carbons (Fsp3) is 0.273. The van der Waals surface area contributed by atoms with Crippen LogP contribution in [0.1, 0.15) is 18.4 Å². The van der Waals surface area contributed by atoms with Crippen molar-refractivity contribution < 1.29 is 14.6 Å². The van der Waals surface area contributed by atoms with Crippen molar-refractivity contribution in [3.8, 4) is 0 Å². The number of hydrogen-bond acceptors (Lipinski definition) is 3. The molecule has 1 aromatic carbocycles. The number of halogens is 1. The Morgan fingerprint density at radius 2 is 2.12 bits per heavy atom. The van der Waals surface area contributed by atoms with Gasteiger partial charge in [-0.2, -0.15) is 0 Å². The summed E-state index contributed by atoms with van der Waals surface area (Å²) < 4.78 is 4.19. The number of rotatable bonds is 4. The normalized spacial score (nSPS) is 9.81. The molecule has 5 heteroatoms. The van der Waals surface area contributed by atoms with E-state index in [1.165, 1.54) is 0 Å². The van der Waals surface area contributed by atoms with Crippen LogP contribution in [-0.4, -0.2) is 17.2 Å². The van der Waals surface area contributed by atoms with Crippen molar-refractivity contribution in [3.63, 3.8) is 0 Å². The maximum atomic E-state index is 10.1. The maximum Gasteiger partial charge on any atom is 0.512 e. The monoisotopic (exact) mass is 241 g/mol. The third kappa shape index (κ3) is 4.31. The van der Waals surface area contributed by atoms with Gasteiger partial charge in [0.25, 0.3) is 0 Å². The molecule has 0 heterocycles. The number of carboxylic acid groups (broad SMARTS) is 1. The van der Waals surface area contributed by atoms with E-state index in [4.69, 9.17) is 22.1 Å². The number of carbonyl (C=O) groups is 1. The summed E-state index contributed by atoms with van der Waals surface area (Å²) in [4.78, 5) is 10.1. The van der Waals surface area contributed by atoms with Crippen LogP contribution in [-0.2, 0) is 11.2 Å². The summed E-state index contributed by atoms with van der Waals surface area (Å²) in [6, 6.07) is 7.45. The minimum absolute atomic E-state index is 0.237. The molecule has 0 aliphatic heterocycles. The Labute approximate surface area is 98.3 Å². The first-order valence-electron chi connectivity index (χ1n) is 4.81. The summed E-state index contributed by atoms with van der Waals surface area (Å²) in [5.41, 5.74) is 0.993. The molecule has 0 bridgehead atoms. The average molecular weight is 242 g/mol. The van der Waals surface area contributed by atoms with Gasteiger partial charge >= 0.3 is 6.16 Å². The molecule has 16 heavy (non-hydrogen) atoms. The molecule has 0 aliphatic carbocycles. The summed E-state index contributed by atoms with van der Waals surface area (Å²) in [5.74, 6) is -0.237. The minimum atomic E-state index is -1.44. The Morgan fingerprint density at radius 1 is 1.44 bits per heavy atom. The van der Waals surface area contributed by atoms with Gasteiger partial charge in [-0.25, -0.2) is 4.79 Å². The quantitative estimate of drug-likeness (QED) is 0.483. The Balaban J connectivity index is 2.33. The molecule has 1 aromatic rings. The van der Waals surface area contributed by atoms with E-state index in [9.17, 15) is 4.79 Å². The van der Waals surface area contributed by atoms with Crippen molar-refractivity contribution in [1.29, 1.82) is 5.41 Å². The Bertz CT molecular complexity index is 393. The Morgan fingerprint density at radius 3 is 2.75 bits per heavy atom. The van der Waals surface area contributed by atoms with Crippen LogP contribution in [0.25, 0.3) is 0 Å². The third-order valence-corrected chi connectivity index (χ3v) is 2.39. The van der Waals surface area contributed by atoms with E-state index in [0.717, 1.165) is 5.56 Å². The summed E-state index contributed by atoms with van der Waals surface area (Å²) in [5, 5.41) is 16.2. The number of aryl methyl sites for hydroxylation is 1. The molecule has 86 valence electrons. The SMILES string of the molecule is N=C(CCCc1ccccc1Cl)OC(=O)O. The van der Waals surface area contributed by atoms with Crippen LogP contribution in [0.5, 0.6) is 0 Å². The van der Waals surface area contributed by atoms with Crippen LogP contribution in [0.15, 0.2) is 24.3 Å². The van der Waals surface area contributed by atoms with Gasteiger partial charge in [0, 0.05) is 11.4 Å². The highest BCUT2D eigenvalue weighted by molar-refractivity contribution is 6.31. The zero-order valence-electron chi connectivity index (χ0n) is 8.57. The van der Waals surface area contributed by atoms with Crippen LogP contribution >= 0.6 is 11.6 Å². The van der Waals surface area contributed by atoms with Gasteiger partial charge < -0.3 is 9.84 Å². The molecule has 0 aromatic heterocycles. The van der Waals surface area contributed by atoms with Crippen molar-refractivity contribution in [2.24, 2.45) is 0 Å². The minimum Gasteiger partial charge on any atom is -0.449 e. The van der Waals surface area contributed by atoms with Gasteiger partial charge in [-0.3, -0.25) is 5.41 Å². The highest BCUT2D eigenvalue weighted by atomic mass is 35.5. The maximum absolute atomic E-state index is 10.1. The lowest BCUT2D eigenvalue weighted by atomic mass is 10.1. The van der Waals surface area contributed by atoms with Crippen LogP contribution < -0.4 is 0 Å². The average Bonchev–Trinajstić information content (AvgIpc) is 2.19. The molecule has 0 amide bonds. The molecule has 0 saturated heterocycles. The summed E-state index contributed by atoms with van der Waals surface area (Å²) in [6.07, 6.45) is 0.182. The Hall–Kier alpha value is -1.55. The zero-order chi connectivity index (χ0) is 12.0. The zero-order valence-corrected chi connectivity index (χ0v) is 9.33. The van der Waals surface area contributed by atoms with Gasteiger partial charge in [0.2, 0.25) is 0 Å². The van der Waals surface area contributed by atoms with Gasteiger partial charge in [-0.1, -0.05) is 29.8 Å². The van der Waals surface area contributed by atoms with E-state index in [2.05, 4.69) is 4.74 Å². The molecule has 2 N–H and O–H groups in total. The lowest BCUT2D eigenvalue weighted by Gasteiger charge is -2.04. The van der Waals surface area contributed by atoms with Crippen molar-refractivity contribution in [1.82, 2.24) is 0 Å². The van der Waals surface area contributed by atoms with E-state index in [-0.39, 0.29) is 12.3 Å². The largest absolute Gasteiger partial charge is 0.512 e. The third-order valence-electron chi connectivity index (χ3n) is 2.02. The topological polar surface area (TPSA) is 70.4 Å². The second-order valence-corrected chi connectivity index (χ2v) is 3.64. The Kier molecular flexibility index (Phi) is 4.79. The molecular formula is C11H12ClNO3. The van der Waals surface area contributed by atoms with Crippen LogP contribution in [0.2, 0.25) is 5.02 Å². The van der Waals surface area contributed by atoms with Crippen molar-refractivity contribution in [2.45, 2.75) is 19.3 Å². The van der Waals surface area contributed by atoms with Gasteiger partial charge in [0.15, 0.2) is 5.90 Å². The van der Waals surface area contributed by atoms with Crippen LogP contribution in [0.3, 0.4) is 0 Å². The highest BCUT2D eigenvalue weighted by Gasteiger charge is 2.05. The smallest absolute Gasteiger partial charge is 0.449 e. The molecule has 0 aliphatic rings. The molecule has 4 nitrogen and oxygen atoms in total. The predicted octanol–water partition coefficient (Wildman–Crippen LogP) is 3.33. The van der Waals surface area contributed by atoms with E-state index >= 15 is 0 Å². The standard InChI is InChI=1S/C11H12ClNO3/c12-9-6-2-1-4-8(9)5-3-7-10(13)16-11(14)15/h1-2,4,6,13H,3,5,7H2,(H,14,15). The number of nitrogens with one attached hydrogen (secondary N) is 1. The number of hydrogen-bond donors (Lipinski definition) is 2. The first-order valence-corrected chi connectivity index (χ1v) is 5.19. The van der Waals surface area contributed by atoms with E-state index in [1.54, 1.807) is 6.07 Å². The summed E-state index contributed by atoms with van der Waals surface area (Å²) in [6.45, 7) is 0. The molecule has 0 saturated carbocycles. The van der Waals surface area contributed by atoms with Crippen LogP contribution in [0, 0.1) is 5.41 Å². The van der Waals surface area contributed by atoms with Crippen molar-refractivity contribution >= 4 is 23.7 Å². The van der Waals surface area contributed by atoms with E-state index in [0.29, 0.717) is 17.9 Å². The van der Waals surface area contributed by atoms with Gasteiger partial charge in [0.05, 0.1) is 0 Å². The second-order valence-electron chi connectivity index (χ2n) is 3.24.